The Balaban J connectivity index is 2.74. The van der Waals surface area contributed by atoms with E-state index < -0.39 is 0 Å². The highest BCUT2D eigenvalue weighted by Crippen LogP contribution is 2.36. The Bertz CT molecular complexity index is 172. The molecule has 0 aromatic carbocycles. The van der Waals surface area contributed by atoms with Crippen LogP contribution in [0.25, 0.3) is 0 Å². The van der Waals surface area contributed by atoms with Gasteiger partial charge in [0.1, 0.15) is 5.78 Å². The van der Waals surface area contributed by atoms with Crippen LogP contribution in [0.4, 0.5) is 0 Å². The van der Waals surface area contributed by atoms with Crippen molar-refractivity contribution in [1.29, 1.82) is 0 Å². The molecule has 1 fully saturated rings. The third-order valence-corrected chi connectivity index (χ3v) is 2.77. The number of rotatable bonds is 2. The fourth-order valence-corrected chi connectivity index (χ4v) is 2.11. The molecule has 1 aliphatic carbocycles. The summed E-state index contributed by atoms with van der Waals surface area (Å²) in [4.78, 5) is 11.3. The van der Waals surface area contributed by atoms with Crippen molar-refractivity contribution in [2.75, 3.05) is 0 Å². The van der Waals surface area contributed by atoms with Gasteiger partial charge in [0, 0.05) is 12.3 Å². The number of hydrogen-bond acceptors (Lipinski definition) is 1. The number of ketones is 1. The van der Waals surface area contributed by atoms with Crippen molar-refractivity contribution < 1.29 is 4.79 Å². The van der Waals surface area contributed by atoms with Crippen LogP contribution in [0.1, 0.15) is 26.7 Å². The molecule has 62 valence electrons. The molecule has 0 aromatic heterocycles. The molecule has 0 N–H and O–H groups in total. The van der Waals surface area contributed by atoms with Gasteiger partial charge in [-0.2, -0.15) is 0 Å². The lowest BCUT2D eigenvalue weighted by atomic mass is 9.89. The molecule has 1 nitrogen and oxygen atoms in total. The lowest BCUT2D eigenvalue weighted by molar-refractivity contribution is -0.121. The third-order valence-electron chi connectivity index (χ3n) is 2.77. The van der Waals surface area contributed by atoms with Crippen molar-refractivity contribution in [2.24, 2.45) is 17.8 Å². The Morgan fingerprint density at radius 1 is 1.73 bits per heavy atom. The average molecular weight is 152 g/mol. The van der Waals surface area contributed by atoms with Crippen molar-refractivity contribution in [3.63, 3.8) is 0 Å². The second-order valence-corrected chi connectivity index (χ2v) is 3.48. The minimum absolute atomic E-state index is 0.266. The maximum absolute atomic E-state index is 11.3. The highest BCUT2D eigenvalue weighted by molar-refractivity contribution is 5.84. The summed E-state index contributed by atoms with van der Waals surface area (Å²) in [6.07, 6.45) is 3.68. The van der Waals surface area contributed by atoms with E-state index in [9.17, 15) is 4.79 Å². The molecule has 1 heteroatoms. The van der Waals surface area contributed by atoms with Crippen LogP contribution < -0.4 is 0 Å². The minimum Gasteiger partial charge on any atom is -0.299 e. The van der Waals surface area contributed by atoms with Gasteiger partial charge >= 0.3 is 0 Å². The molecule has 0 amide bonds. The molecule has 11 heavy (non-hydrogen) atoms. The zero-order chi connectivity index (χ0) is 8.43. The lowest BCUT2D eigenvalue weighted by Crippen LogP contribution is -2.13. The normalized spacial score (nSPS) is 37.6. The summed E-state index contributed by atoms with van der Waals surface area (Å²) in [5.41, 5.74) is 0. The van der Waals surface area contributed by atoms with E-state index >= 15 is 0 Å². The first kappa shape index (κ1) is 8.51. The molecule has 0 unspecified atom stereocenters. The van der Waals surface area contributed by atoms with Crippen molar-refractivity contribution >= 4 is 5.78 Å². The molecule has 1 saturated carbocycles. The van der Waals surface area contributed by atoms with Gasteiger partial charge in [-0.3, -0.25) is 4.79 Å². The van der Waals surface area contributed by atoms with Crippen molar-refractivity contribution in [3.8, 4) is 0 Å². The van der Waals surface area contributed by atoms with Gasteiger partial charge in [0.15, 0.2) is 0 Å². The monoisotopic (exact) mass is 152 g/mol. The van der Waals surface area contributed by atoms with E-state index in [1.54, 1.807) is 0 Å². The number of Topliss-reactive ketones (excluding diaryl/α,β-unsaturated/α-hetero) is 1. The van der Waals surface area contributed by atoms with Gasteiger partial charge in [0.05, 0.1) is 0 Å². The van der Waals surface area contributed by atoms with Crippen LogP contribution in [0.15, 0.2) is 12.7 Å². The Morgan fingerprint density at radius 2 is 2.36 bits per heavy atom. The summed E-state index contributed by atoms with van der Waals surface area (Å²) in [5, 5.41) is 0. The zero-order valence-electron chi connectivity index (χ0n) is 7.34. The smallest absolute Gasteiger partial charge is 0.136 e. The highest BCUT2D eigenvalue weighted by atomic mass is 16.1. The Morgan fingerprint density at radius 3 is 2.73 bits per heavy atom. The van der Waals surface area contributed by atoms with E-state index in [1.165, 1.54) is 0 Å². The van der Waals surface area contributed by atoms with Gasteiger partial charge in [0.2, 0.25) is 0 Å². The van der Waals surface area contributed by atoms with Gasteiger partial charge < -0.3 is 0 Å². The fraction of sp³-hybridized carbons (Fsp3) is 0.700. The summed E-state index contributed by atoms with van der Waals surface area (Å²) < 4.78 is 0. The predicted octanol–water partition coefficient (Wildman–Crippen LogP) is 2.42. The SMILES string of the molecule is C=C[C@H]1[C@H](C)CC(=O)[C@@H]1CC. The standard InChI is InChI=1S/C10H16O/c1-4-8-7(3)6-10(11)9(8)5-2/h4,7-9H,1,5-6H2,2-3H3/t7-,8+,9-/m1/s1. The molecular formula is C10H16O. The van der Waals surface area contributed by atoms with E-state index in [0.717, 1.165) is 12.8 Å². The third kappa shape index (κ3) is 1.37. The van der Waals surface area contributed by atoms with Crippen molar-refractivity contribution in [1.82, 2.24) is 0 Å². The minimum atomic E-state index is 0.266. The molecular weight excluding hydrogens is 136 g/mol. The highest BCUT2D eigenvalue weighted by Gasteiger charge is 2.36. The lowest BCUT2D eigenvalue weighted by Gasteiger charge is -2.14. The van der Waals surface area contributed by atoms with Gasteiger partial charge in [-0.05, 0) is 18.3 Å². The summed E-state index contributed by atoms with van der Waals surface area (Å²) in [5.74, 6) is 1.66. The van der Waals surface area contributed by atoms with E-state index in [4.69, 9.17) is 0 Å². The van der Waals surface area contributed by atoms with Crippen LogP contribution >= 0.6 is 0 Å². The first-order valence-electron chi connectivity index (χ1n) is 4.36. The van der Waals surface area contributed by atoms with Gasteiger partial charge in [-0.25, -0.2) is 0 Å². The van der Waals surface area contributed by atoms with E-state index in [1.807, 2.05) is 6.08 Å². The molecule has 3 atom stereocenters. The Hall–Kier alpha value is -0.590. The Labute approximate surface area is 68.5 Å². The van der Waals surface area contributed by atoms with Crippen LogP contribution in [0.5, 0.6) is 0 Å². The van der Waals surface area contributed by atoms with Crippen molar-refractivity contribution in [2.45, 2.75) is 26.7 Å². The largest absolute Gasteiger partial charge is 0.299 e. The quantitative estimate of drug-likeness (QED) is 0.555. The van der Waals surface area contributed by atoms with Crippen molar-refractivity contribution in [3.05, 3.63) is 12.7 Å². The van der Waals surface area contributed by atoms with Crippen LogP contribution in [0, 0.1) is 17.8 Å². The van der Waals surface area contributed by atoms with Gasteiger partial charge in [0.25, 0.3) is 0 Å². The maximum atomic E-state index is 11.3. The van der Waals surface area contributed by atoms with E-state index in [2.05, 4.69) is 20.4 Å². The fourth-order valence-electron chi connectivity index (χ4n) is 2.11. The molecule has 1 aliphatic rings. The molecule has 0 aromatic rings. The summed E-state index contributed by atoms with van der Waals surface area (Å²) in [7, 11) is 0. The molecule has 0 radical (unpaired) electrons. The topological polar surface area (TPSA) is 17.1 Å². The van der Waals surface area contributed by atoms with Gasteiger partial charge in [-0.15, -0.1) is 6.58 Å². The molecule has 0 saturated heterocycles. The van der Waals surface area contributed by atoms with Crippen LogP contribution in [0.2, 0.25) is 0 Å². The average Bonchev–Trinajstić information content (AvgIpc) is 2.24. The summed E-state index contributed by atoms with van der Waals surface area (Å²) in [6, 6.07) is 0. The summed E-state index contributed by atoms with van der Waals surface area (Å²) >= 11 is 0. The number of hydrogen-bond donors (Lipinski definition) is 0. The Kier molecular flexibility index (Phi) is 2.48. The van der Waals surface area contributed by atoms with Crippen LogP contribution in [0.3, 0.4) is 0 Å². The number of allylic oxidation sites excluding steroid dienone is 1. The molecule has 0 aliphatic heterocycles. The first-order valence-corrected chi connectivity index (χ1v) is 4.36. The van der Waals surface area contributed by atoms with E-state index in [-0.39, 0.29) is 5.92 Å². The second-order valence-electron chi connectivity index (χ2n) is 3.48. The zero-order valence-corrected chi connectivity index (χ0v) is 7.34. The molecule has 0 heterocycles. The molecule has 0 bridgehead atoms. The first-order chi connectivity index (χ1) is 5.20. The number of carbonyl (C=O) groups excluding carboxylic acids is 1. The molecule has 1 rings (SSSR count). The van der Waals surface area contributed by atoms with E-state index in [0.29, 0.717) is 17.6 Å². The van der Waals surface area contributed by atoms with Crippen LogP contribution in [-0.2, 0) is 4.79 Å². The number of carbonyl (C=O) groups is 1. The summed E-state index contributed by atoms with van der Waals surface area (Å²) in [6.45, 7) is 7.99. The van der Waals surface area contributed by atoms with Gasteiger partial charge in [-0.1, -0.05) is 19.9 Å². The predicted molar refractivity (Wildman–Crippen MR) is 46.3 cm³/mol. The van der Waals surface area contributed by atoms with Crippen LogP contribution in [-0.4, -0.2) is 5.78 Å². The second kappa shape index (κ2) is 3.21. The maximum Gasteiger partial charge on any atom is 0.136 e. The molecule has 0 spiro atoms.